The maximum absolute atomic E-state index is 12.0. The van der Waals surface area contributed by atoms with Crippen LogP contribution in [0.3, 0.4) is 0 Å². The molecule has 0 aliphatic heterocycles. The lowest BCUT2D eigenvalue weighted by atomic mass is 9.91. The van der Waals surface area contributed by atoms with Gasteiger partial charge in [-0.3, -0.25) is 10.1 Å². The monoisotopic (exact) mass is 289 g/mol. The van der Waals surface area contributed by atoms with Crippen molar-refractivity contribution in [3.05, 3.63) is 73.3 Å². The van der Waals surface area contributed by atoms with Gasteiger partial charge in [0.25, 0.3) is 0 Å². The minimum atomic E-state index is -0.850. The number of nitrogens with zero attached hydrogens (tertiary/aromatic N) is 1. The molecule has 1 aromatic heterocycles. The quantitative estimate of drug-likeness (QED) is 0.689. The minimum Gasteiger partial charge on any atom is -0.507 e. The second kappa shape index (κ2) is 5.78. The van der Waals surface area contributed by atoms with Crippen molar-refractivity contribution in [1.82, 2.24) is 0 Å². The van der Waals surface area contributed by atoms with E-state index < -0.39 is 23.0 Å². The molecule has 0 radical (unpaired) electrons. The summed E-state index contributed by atoms with van der Waals surface area (Å²) < 4.78 is 4.96. The summed E-state index contributed by atoms with van der Waals surface area (Å²) in [5, 5.41) is 20.9. The molecule has 0 saturated heterocycles. The summed E-state index contributed by atoms with van der Waals surface area (Å²) in [5.41, 5.74) is 0.753. The summed E-state index contributed by atoms with van der Waals surface area (Å²) in [6.45, 7) is 2.92. The van der Waals surface area contributed by atoms with Crippen LogP contribution in [-0.2, 0) is 0 Å². The third-order valence-corrected chi connectivity index (χ3v) is 3.25. The van der Waals surface area contributed by atoms with Gasteiger partial charge in [-0.05, 0) is 19.4 Å². The lowest BCUT2D eigenvalue weighted by molar-refractivity contribution is -0.481. The third kappa shape index (κ3) is 3.28. The highest BCUT2D eigenvalue weighted by Crippen LogP contribution is 2.29. The predicted octanol–water partition coefficient (Wildman–Crippen LogP) is 2.37. The van der Waals surface area contributed by atoms with E-state index in [0.717, 1.165) is 5.56 Å². The van der Waals surface area contributed by atoms with Crippen LogP contribution in [0.5, 0.6) is 5.75 Å². The van der Waals surface area contributed by atoms with E-state index in [0.29, 0.717) is 5.56 Å². The number of nitro groups is 1. The normalized spacial score (nSPS) is 12.1. The van der Waals surface area contributed by atoms with E-state index in [1.54, 1.807) is 24.3 Å². The molecule has 21 heavy (non-hydrogen) atoms. The minimum absolute atomic E-state index is 0.0823. The van der Waals surface area contributed by atoms with Crippen molar-refractivity contribution in [3.63, 3.8) is 0 Å². The molecule has 1 aromatic carbocycles. The Balaban J connectivity index is 2.58. The first kappa shape index (κ1) is 14.8. The van der Waals surface area contributed by atoms with Crippen LogP contribution in [0.1, 0.15) is 28.4 Å². The lowest BCUT2D eigenvalue weighted by Crippen LogP contribution is -2.21. The summed E-state index contributed by atoms with van der Waals surface area (Å²) in [4.78, 5) is 22.4. The molecule has 0 fully saturated rings. The van der Waals surface area contributed by atoms with E-state index in [-0.39, 0.29) is 17.1 Å². The Bertz CT molecular complexity index is 718. The van der Waals surface area contributed by atoms with Gasteiger partial charge < -0.3 is 9.52 Å². The summed E-state index contributed by atoms with van der Waals surface area (Å²) in [6.07, 6.45) is 0. The van der Waals surface area contributed by atoms with Crippen molar-refractivity contribution < 1.29 is 14.4 Å². The van der Waals surface area contributed by atoms with Crippen LogP contribution in [0.2, 0.25) is 0 Å². The van der Waals surface area contributed by atoms with Gasteiger partial charge >= 0.3 is 5.63 Å². The van der Waals surface area contributed by atoms with Crippen molar-refractivity contribution in [1.29, 1.82) is 0 Å². The van der Waals surface area contributed by atoms with Crippen LogP contribution >= 0.6 is 0 Å². The second-order valence-electron chi connectivity index (χ2n) is 4.92. The molecule has 0 amide bonds. The van der Waals surface area contributed by atoms with Gasteiger partial charge in [-0.1, -0.05) is 29.8 Å². The number of aromatic hydroxyl groups is 1. The van der Waals surface area contributed by atoms with E-state index in [1.807, 2.05) is 6.92 Å². The molecule has 0 aliphatic rings. The van der Waals surface area contributed by atoms with E-state index in [4.69, 9.17) is 4.42 Å². The Kier molecular flexibility index (Phi) is 4.07. The Morgan fingerprint density at radius 3 is 2.43 bits per heavy atom. The van der Waals surface area contributed by atoms with Gasteiger partial charge in [-0.2, -0.15) is 0 Å². The summed E-state index contributed by atoms with van der Waals surface area (Å²) in [6, 6.07) is 8.31. The average Bonchev–Trinajstić information content (AvgIpc) is 2.37. The molecule has 0 bridgehead atoms. The van der Waals surface area contributed by atoms with E-state index >= 15 is 0 Å². The maximum atomic E-state index is 12.0. The highest BCUT2D eigenvalue weighted by molar-refractivity contribution is 5.40. The molecule has 0 spiro atoms. The van der Waals surface area contributed by atoms with Crippen LogP contribution < -0.4 is 5.63 Å². The molecular weight excluding hydrogens is 274 g/mol. The van der Waals surface area contributed by atoms with Crippen molar-refractivity contribution >= 4 is 0 Å². The van der Waals surface area contributed by atoms with Crippen LogP contribution in [0, 0.1) is 24.0 Å². The highest BCUT2D eigenvalue weighted by atomic mass is 16.6. The van der Waals surface area contributed by atoms with Gasteiger partial charge in [-0.25, -0.2) is 4.79 Å². The Hall–Kier alpha value is -2.63. The van der Waals surface area contributed by atoms with Crippen molar-refractivity contribution in [2.24, 2.45) is 0 Å². The van der Waals surface area contributed by atoms with Gasteiger partial charge in [0, 0.05) is 11.0 Å². The first-order valence-corrected chi connectivity index (χ1v) is 6.40. The number of rotatable bonds is 4. The van der Waals surface area contributed by atoms with Gasteiger partial charge in [0.1, 0.15) is 11.5 Å². The predicted molar refractivity (Wildman–Crippen MR) is 76.3 cm³/mol. The largest absolute Gasteiger partial charge is 0.507 e. The van der Waals surface area contributed by atoms with Crippen LogP contribution in [0.15, 0.2) is 39.5 Å². The van der Waals surface area contributed by atoms with E-state index in [2.05, 4.69) is 0 Å². The summed E-state index contributed by atoms with van der Waals surface area (Å²) >= 11 is 0. The number of benzene rings is 1. The summed E-state index contributed by atoms with van der Waals surface area (Å²) in [5.74, 6) is -0.876. The smallest absolute Gasteiger partial charge is 0.343 e. The molecular formula is C15H15NO5. The van der Waals surface area contributed by atoms with Crippen molar-refractivity contribution in [2.75, 3.05) is 6.54 Å². The molecule has 0 saturated carbocycles. The third-order valence-electron chi connectivity index (χ3n) is 3.25. The average molecular weight is 289 g/mol. The zero-order valence-corrected chi connectivity index (χ0v) is 11.7. The number of aryl methyl sites for hydroxylation is 2. The van der Waals surface area contributed by atoms with Crippen molar-refractivity contribution in [3.8, 4) is 5.75 Å². The van der Waals surface area contributed by atoms with E-state index in [1.165, 1.54) is 13.0 Å². The SMILES string of the molecule is Cc1ccc([C@@H](C[N+](=O)[O-])c2c(O)cc(C)oc2=O)cc1. The fourth-order valence-electron chi connectivity index (χ4n) is 2.24. The van der Waals surface area contributed by atoms with Gasteiger partial charge in [0.2, 0.25) is 6.54 Å². The molecule has 2 aromatic rings. The van der Waals surface area contributed by atoms with Gasteiger partial charge in [-0.15, -0.1) is 0 Å². The fourth-order valence-corrected chi connectivity index (χ4v) is 2.24. The molecule has 0 aliphatic carbocycles. The summed E-state index contributed by atoms with van der Waals surface area (Å²) in [7, 11) is 0. The Morgan fingerprint density at radius 1 is 1.29 bits per heavy atom. The second-order valence-corrected chi connectivity index (χ2v) is 4.92. The Labute approximate surface area is 120 Å². The Morgan fingerprint density at radius 2 is 1.90 bits per heavy atom. The molecule has 2 rings (SSSR count). The fraction of sp³-hybridized carbons (Fsp3) is 0.267. The van der Waals surface area contributed by atoms with Gasteiger partial charge in [0.05, 0.1) is 11.5 Å². The molecule has 1 heterocycles. The topological polar surface area (TPSA) is 93.6 Å². The van der Waals surface area contributed by atoms with Crippen LogP contribution in [0.4, 0.5) is 0 Å². The molecule has 110 valence electrons. The standard InChI is InChI=1S/C15H15NO5/c1-9-3-5-11(6-4-9)12(8-16(19)20)14-13(17)7-10(2)21-15(14)18/h3-7,12,17H,8H2,1-2H3/t12-/m1/s1. The number of hydrogen-bond donors (Lipinski definition) is 1. The van der Waals surface area contributed by atoms with E-state index in [9.17, 15) is 20.0 Å². The molecule has 6 heteroatoms. The molecule has 1 atom stereocenters. The highest BCUT2D eigenvalue weighted by Gasteiger charge is 2.27. The first-order chi connectivity index (χ1) is 9.88. The first-order valence-electron chi connectivity index (χ1n) is 6.40. The maximum Gasteiger partial charge on any atom is 0.343 e. The van der Waals surface area contributed by atoms with Gasteiger partial charge in [0.15, 0.2) is 0 Å². The van der Waals surface area contributed by atoms with Crippen molar-refractivity contribution in [2.45, 2.75) is 19.8 Å². The zero-order valence-electron chi connectivity index (χ0n) is 11.7. The van der Waals surface area contributed by atoms with Crippen LogP contribution in [-0.4, -0.2) is 16.6 Å². The zero-order chi connectivity index (χ0) is 15.6. The lowest BCUT2D eigenvalue weighted by Gasteiger charge is -2.14. The molecule has 6 nitrogen and oxygen atoms in total. The molecule has 1 N–H and O–H groups in total. The number of hydrogen-bond acceptors (Lipinski definition) is 5. The van der Waals surface area contributed by atoms with Crippen LogP contribution in [0.25, 0.3) is 0 Å². The molecule has 0 unspecified atom stereocenters.